The van der Waals surface area contributed by atoms with Crippen LogP contribution in [0.5, 0.6) is 5.75 Å². The summed E-state index contributed by atoms with van der Waals surface area (Å²) in [5.74, 6) is -0.140. The number of halogens is 1. The molecule has 0 amide bonds. The minimum atomic E-state index is -0.584. The third kappa shape index (κ3) is 2.64. The molecule has 17 heavy (non-hydrogen) atoms. The third-order valence-electron chi connectivity index (χ3n) is 2.66. The Labute approximate surface area is 101 Å². The summed E-state index contributed by atoms with van der Waals surface area (Å²) in [6.07, 6.45) is 0.231. The zero-order valence-electron chi connectivity index (χ0n) is 10.5. The van der Waals surface area contributed by atoms with Crippen LogP contribution >= 0.6 is 0 Å². The highest BCUT2D eigenvalue weighted by Gasteiger charge is 2.23. The minimum absolute atomic E-state index is 0.0623. The molecular formula is C13H17FO3. The molecule has 3 nitrogen and oxygen atoms in total. The van der Waals surface area contributed by atoms with Gasteiger partial charge in [-0.25, -0.2) is 4.39 Å². The number of carbonyl (C=O) groups excluding carboxylic acids is 1. The maximum atomic E-state index is 13.4. The second kappa shape index (κ2) is 5.77. The van der Waals surface area contributed by atoms with Crippen LogP contribution in [0.15, 0.2) is 12.1 Å². The van der Waals surface area contributed by atoms with E-state index < -0.39 is 5.82 Å². The van der Waals surface area contributed by atoms with Crippen LogP contribution in [0.25, 0.3) is 0 Å². The molecule has 1 atom stereocenters. The molecule has 1 unspecified atom stereocenters. The van der Waals surface area contributed by atoms with E-state index in [0.717, 1.165) is 0 Å². The van der Waals surface area contributed by atoms with E-state index >= 15 is 0 Å². The van der Waals surface area contributed by atoms with Crippen molar-refractivity contribution in [3.05, 3.63) is 29.1 Å². The lowest BCUT2D eigenvalue weighted by Crippen LogP contribution is -2.12. The number of hydrogen-bond acceptors (Lipinski definition) is 3. The lowest BCUT2D eigenvalue weighted by Gasteiger charge is -2.22. The summed E-state index contributed by atoms with van der Waals surface area (Å²) in [4.78, 5) is 10.9. The van der Waals surface area contributed by atoms with Crippen molar-refractivity contribution in [3.8, 4) is 5.75 Å². The number of aldehydes is 1. The molecule has 0 radical (unpaired) electrons. The first-order valence-corrected chi connectivity index (χ1v) is 5.41. The van der Waals surface area contributed by atoms with Crippen LogP contribution in [-0.4, -0.2) is 20.5 Å². The second-order valence-corrected chi connectivity index (χ2v) is 4.10. The fourth-order valence-electron chi connectivity index (χ4n) is 1.91. The molecule has 1 rings (SSSR count). The maximum Gasteiger partial charge on any atom is 0.156 e. The van der Waals surface area contributed by atoms with Gasteiger partial charge in [-0.15, -0.1) is 0 Å². The van der Waals surface area contributed by atoms with Crippen molar-refractivity contribution in [1.29, 1.82) is 0 Å². The topological polar surface area (TPSA) is 35.5 Å². The molecule has 0 aliphatic heterocycles. The SMILES string of the molecule is COc1c(C(OC)C(C)C)ccc(F)c1C=O. The van der Waals surface area contributed by atoms with E-state index in [1.807, 2.05) is 13.8 Å². The predicted molar refractivity (Wildman–Crippen MR) is 62.9 cm³/mol. The Morgan fingerprint density at radius 1 is 1.29 bits per heavy atom. The first kappa shape index (κ1) is 13.6. The van der Waals surface area contributed by atoms with Gasteiger partial charge in [-0.3, -0.25) is 4.79 Å². The number of methoxy groups -OCH3 is 2. The van der Waals surface area contributed by atoms with Crippen LogP contribution < -0.4 is 4.74 Å². The van der Waals surface area contributed by atoms with Gasteiger partial charge in [0.25, 0.3) is 0 Å². The van der Waals surface area contributed by atoms with Gasteiger partial charge in [-0.05, 0) is 18.1 Å². The fourth-order valence-corrected chi connectivity index (χ4v) is 1.91. The van der Waals surface area contributed by atoms with Gasteiger partial charge < -0.3 is 9.47 Å². The predicted octanol–water partition coefficient (Wildman–Crippen LogP) is 2.99. The molecule has 1 aromatic rings. The zero-order valence-corrected chi connectivity index (χ0v) is 10.5. The van der Waals surface area contributed by atoms with Crippen LogP contribution in [0.3, 0.4) is 0 Å². The molecule has 0 bridgehead atoms. The Morgan fingerprint density at radius 3 is 2.35 bits per heavy atom. The summed E-state index contributed by atoms with van der Waals surface area (Å²) < 4.78 is 23.9. The summed E-state index contributed by atoms with van der Waals surface area (Å²) in [5, 5.41) is 0. The zero-order chi connectivity index (χ0) is 13.0. The first-order chi connectivity index (χ1) is 8.06. The summed E-state index contributed by atoms with van der Waals surface area (Å²) in [6, 6.07) is 2.85. The molecule has 0 aromatic heterocycles. The van der Waals surface area contributed by atoms with Crippen molar-refractivity contribution in [1.82, 2.24) is 0 Å². The van der Waals surface area contributed by atoms with Gasteiger partial charge in [0.2, 0.25) is 0 Å². The van der Waals surface area contributed by atoms with E-state index in [1.54, 1.807) is 13.2 Å². The largest absolute Gasteiger partial charge is 0.496 e. The molecule has 1 aromatic carbocycles. The Balaban J connectivity index is 3.37. The maximum absolute atomic E-state index is 13.4. The highest BCUT2D eigenvalue weighted by Crippen LogP contribution is 2.35. The third-order valence-corrected chi connectivity index (χ3v) is 2.66. The molecule has 0 aliphatic rings. The molecule has 0 aliphatic carbocycles. The minimum Gasteiger partial charge on any atom is -0.496 e. The lowest BCUT2D eigenvalue weighted by molar-refractivity contribution is 0.0623. The van der Waals surface area contributed by atoms with Gasteiger partial charge >= 0.3 is 0 Å². The monoisotopic (exact) mass is 240 g/mol. The molecule has 0 saturated heterocycles. The Kier molecular flexibility index (Phi) is 4.63. The highest BCUT2D eigenvalue weighted by atomic mass is 19.1. The Morgan fingerprint density at radius 2 is 1.94 bits per heavy atom. The normalized spacial score (nSPS) is 12.6. The van der Waals surface area contributed by atoms with Gasteiger partial charge in [0.1, 0.15) is 11.6 Å². The smallest absolute Gasteiger partial charge is 0.156 e. The molecule has 4 heteroatoms. The Bertz CT molecular complexity index is 402. The van der Waals surface area contributed by atoms with Crippen LogP contribution in [0, 0.1) is 11.7 Å². The van der Waals surface area contributed by atoms with Crippen LogP contribution in [0.4, 0.5) is 4.39 Å². The van der Waals surface area contributed by atoms with Gasteiger partial charge in [0.05, 0.1) is 18.8 Å². The number of hydrogen-bond donors (Lipinski definition) is 0. The van der Waals surface area contributed by atoms with Crippen molar-refractivity contribution in [2.24, 2.45) is 5.92 Å². The standard InChI is InChI=1S/C13H17FO3/c1-8(2)12(16-3)9-5-6-11(14)10(7-15)13(9)17-4/h5-8,12H,1-4H3. The van der Waals surface area contributed by atoms with E-state index in [9.17, 15) is 9.18 Å². The van der Waals surface area contributed by atoms with E-state index in [4.69, 9.17) is 9.47 Å². The molecule has 0 saturated carbocycles. The number of rotatable bonds is 5. The van der Waals surface area contributed by atoms with E-state index in [-0.39, 0.29) is 23.3 Å². The molecule has 0 fully saturated rings. The molecular weight excluding hydrogens is 223 g/mol. The molecule has 0 N–H and O–H groups in total. The Hall–Kier alpha value is -1.42. The summed E-state index contributed by atoms with van der Waals surface area (Å²) in [5.41, 5.74) is 0.626. The van der Waals surface area contributed by atoms with E-state index in [2.05, 4.69) is 0 Å². The summed E-state index contributed by atoms with van der Waals surface area (Å²) in [7, 11) is 2.99. The number of ether oxygens (including phenoxy) is 2. The second-order valence-electron chi connectivity index (χ2n) is 4.10. The van der Waals surface area contributed by atoms with Crippen molar-refractivity contribution in [3.63, 3.8) is 0 Å². The highest BCUT2D eigenvalue weighted by molar-refractivity contribution is 5.80. The fraction of sp³-hybridized carbons (Fsp3) is 0.462. The van der Waals surface area contributed by atoms with Crippen molar-refractivity contribution < 1.29 is 18.7 Å². The first-order valence-electron chi connectivity index (χ1n) is 5.41. The van der Waals surface area contributed by atoms with Crippen LogP contribution in [0.2, 0.25) is 0 Å². The molecule has 0 heterocycles. The average molecular weight is 240 g/mol. The van der Waals surface area contributed by atoms with Gasteiger partial charge in [0, 0.05) is 12.7 Å². The van der Waals surface area contributed by atoms with Crippen molar-refractivity contribution in [2.45, 2.75) is 20.0 Å². The van der Waals surface area contributed by atoms with E-state index in [0.29, 0.717) is 11.8 Å². The number of carbonyl (C=O) groups is 1. The quantitative estimate of drug-likeness (QED) is 0.742. The number of benzene rings is 1. The molecule has 94 valence electrons. The van der Waals surface area contributed by atoms with Crippen LogP contribution in [-0.2, 0) is 4.74 Å². The lowest BCUT2D eigenvalue weighted by atomic mass is 9.96. The van der Waals surface area contributed by atoms with Gasteiger partial charge in [-0.1, -0.05) is 13.8 Å². The van der Waals surface area contributed by atoms with Gasteiger partial charge in [-0.2, -0.15) is 0 Å². The van der Waals surface area contributed by atoms with Gasteiger partial charge in [0.15, 0.2) is 6.29 Å². The molecule has 0 spiro atoms. The van der Waals surface area contributed by atoms with Crippen molar-refractivity contribution in [2.75, 3.05) is 14.2 Å². The summed E-state index contributed by atoms with van der Waals surface area (Å²) in [6.45, 7) is 3.97. The summed E-state index contributed by atoms with van der Waals surface area (Å²) >= 11 is 0. The van der Waals surface area contributed by atoms with Crippen molar-refractivity contribution >= 4 is 6.29 Å². The average Bonchev–Trinajstić information content (AvgIpc) is 2.30. The van der Waals surface area contributed by atoms with E-state index in [1.165, 1.54) is 13.2 Å². The van der Waals surface area contributed by atoms with Crippen LogP contribution in [0.1, 0.15) is 35.9 Å².